The highest BCUT2D eigenvalue weighted by molar-refractivity contribution is 6.00. The number of ether oxygens (including phenoxy) is 3. The highest BCUT2D eigenvalue weighted by Gasteiger charge is 2.19. The number of benzene rings is 1. The first-order valence-electron chi connectivity index (χ1n) is 6.26. The topological polar surface area (TPSA) is 103 Å². The third-order valence-corrected chi connectivity index (χ3v) is 2.91. The molecule has 4 N–H and O–H groups in total. The van der Waals surface area contributed by atoms with Crippen molar-refractivity contribution in [2.75, 3.05) is 32.8 Å². The van der Waals surface area contributed by atoms with E-state index in [4.69, 9.17) is 19.9 Å². The third-order valence-electron chi connectivity index (χ3n) is 2.91. The van der Waals surface area contributed by atoms with Crippen molar-refractivity contribution in [1.82, 2.24) is 5.32 Å². The molecule has 2 rings (SSSR count). The summed E-state index contributed by atoms with van der Waals surface area (Å²) in [4.78, 5) is 12.0. The first-order valence-corrected chi connectivity index (χ1v) is 6.26. The SMILES string of the molecule is COCC(O)CCNC(=O)c1cc2c(cc1N)OCO2. The van der Waals surface area contributed by atoms with Crippen LogP contribution in [0.4, 0.5) is 5.69 Å². The van der Waals surface area contributed by atoms with Crippen molar-refractivity contribution in [3.05, 3.63) is 17.7 Å². The monoisotopic (exact) mass is 282 g/mol. The molecule has 7 heteroatoms. The molecule has 0 aliphatic carbocycles. The Bertz CT molecular complexity index is 492. The molecule has 0 saturated heterocycles. The Morgan fingerprint density at radius 2 is 2.20 bits per heavy atom. The number of hydrogen-bond acceptors (Lipinski definition) is 6. The molecule has 0 radical (unpaired) electrons. The maximum atomic E-state index is 12.0. The van der Waals surface area contributed by atoms with Crippen LogP contribution >= 0.6 is 0 Å². The van der Waals surface area contributed by atoms with E-state index in [1.165, 1.54) is 7.11 Å². The van der Waals surface area contributed by atoms with Crippen LogP contribution in [0.25, 0.3) is 0 Å². The number of methoxy groups -OCH3 is 1. The molecule has 0 saturated carbocycles. The Labute approximate surface area is 116 Å². The van der Waals surface area contributed by atoms with Gasteiger partial charge in [0.05, 0.1) is 18.3 Å². The minimum absolute atomic E-state index is 0.128. The lowest BCUT2D eigenvalue weighted by molar-refractivity contribution is 0.0588. The average Bonchev–Trinajstić information content (AvgIpc) is 2.84. The molecule has 1 aromatic carbocycles. The summed E-state index contributed by atoms with van der Waals surface area (Å²) in [7, 11) is 1.51. The van der Waals surface area contributed by atoms with Crippen molar-refractivity contribution in [2.24, 2.45) is 0 Å². The van der Waals surface area contributed by atoms with E-state index in [2.05, 4.69) is 5.32 Å². The molecule has 1 heterocycles. The number of nitrogens with two attached hydrogens (primary N) is 1. The molecule has 0 fully saturated rings. The van der Waals surface area contributed by atoms with Crippen molar-refractivity contribution < 1.29 is 24.1 Å². The number of anilines is 1. The molecule has 0 bridgehead atoms. The molecule has 1 aliphatic heterocycles. The van der Waals surface area contributed by atoms with Crippen molar-refractivity contribution in [3.8, 4) is 11.5 Å². The van der Waals surface area contributed by atoms with Crippen LogP contribution in [0, 0.1) is 0 Å². The van der Waals surface area contributed by atoms with Crippen molar-refractivity contribution in [3.63, 3.8) is 0 Å². The van der Waals surface area contributed by atoms with Gasteiger partial charge in [-0.3, -0.25) is 4.79 Å². The minimum atomic E-state index is -0.602. The van der Waals surface area contributed by atoms with Gasteiger partial charge in [-0.15, -0.1) is 0 Å². The summed E-state index contributed by atoms with van der Waals surface area (Å²) in [5.41, 5.74) is 6.46. The van der Waals surface area contributed by atoms with E-state index in [0.717, 1.165) is 0 Å². The van der Waals surface area contributed by atoms with E-state index in [-0.39, 0.29) is 19.3 Å². The van der Waals surface area contributed by atoms with Crippen LogP contribution in [-0.2, 0) is 4.74 Å². The van der Waals surface area contributed by atoms with Crippen LogP contribution in [0.2, 0.25) is 0 Å². The van der Waals surface area contributed by atoms with Gasteiger partial charge in [-0.2, -0.15) is 0 Å². The minimum Gasteiger partial charge on any atom is -0.454 e. The summed E-state index contributed by atoms with van der Waals surface area (Å²) >= 11 is 0. The fourth-order valence-corrected chi connectivity index (χ4v) is 1.88. The molecule has 20 heavy (non-hydrogen) atoms. The zero-order valence-electron chi connectivity index (χ0n) is 11.2. The molecule has 1 aliphatic rings. The van der Waals surface area contributed by atoms with Crippen LogP contribution in [0.15, 0.2) is 12.1 Å². The lowest BCUT2D eigenvalue weighted by Crippen LogP contribution is -2.29. The number of aliphatic hydroxyl groups excluding tert-OH is 1. The van der Waals surface area contributed by atoms with Gasteiger partial charge in [-0.05, 0) is 12.5 Å². The molecule has 1 amide bonds. The fraction of sp³-hybridized carbons (Fsp3) is 0.462. The number of carbonyl (C=O) groups excluding carboxylic acids is 1. The summed E-state index contributed by atoms with van der Waals surface area (Å²) < 4.78 is 15.2. The summed E-state index contributed by atoms with van der Waals surface area (Å²) in [6.45, 7) is 0.697. The fourth-order valence-electron chi connectivity index (χ4n) is 1.88. The Morgan fingerprint density at radius 1 is 1.50 bits per heavy atom. The van der Waals surface area contributed by atoms with Gasteiger partial charge in [0.25, 0.3) is 5.91 Å². The number of nitrogen functional groups attached to an aromatic ring is 1. The van der Waals surface area contributed by atoms with E-state index in [1.807, 2.05) is 0 Å². The summed E-state index contributed by atoms with van der Waals surface area (Å²) in [6, 6.07) is 3.12. The van der Waals surface area contributed by atoms with Crippen LogP contribution < -0.4 is 20.5 Å². The van der Waals surface area contributed by atoms with Crippen LogP contribution in [-0.4, -0.2) is 44.2 Å². The predicted molar refractivity (Wildman–Crippen MR) is 71.8 cm³/mol. The molecule has 0 aromatic heterocycles. The van der Waals surface area contributed by atoms with Gasteiger partial charge in [0, 0.05) is 25.4 Å². The van der Waals surface area contributed by atoms with Gasteiger partial charge in [0.1, 0.15) is 0 Å². The molecule has 0 spiro atoms. The number of carbonyl (C=O) groups is 1. The van der Waals surface area contributed by atoms with Gasteiger partial charge in [-0.1, -0.05) is 0 Å². The molecule has 1 aromatic rings. The zero-order valence-corrected chi connectivity index (χ0v) is 11.2. The zero-order chi connectivity index (χ0) is 14.5. The second-order valence-corrected chi connectivity index (χ2v) is 4.45. The van der Waals surface area contributed by atoms with Gasteiger partial charge < -0.3 is 30.4 Å². The summed E-state index contributed by atoms with van der Waals surface area (Å²) in [5.74, 6) is 0.726. The lowest BCUT2D eigenvalue weighted by atomic mass is 10.1. The van der Waals surface area contributed by atoms with E-state index in [1.54, 1.807) is 12.1 Å². The number of fused-ring (bicyclic) bond motifs is 1. The smallest absolute Gasteiger partial charge is 0.253 e. The van der Waals surface area contributed by atoms with Gasteiger partial charge in [-0.25, -0.2) is 0 Å². The molecule has 1 unspecified atom stereocenters. The third kappa shape index (κ3) is 3.31. The highest BCUT2D eigenvalue weighted by atomic mass is 16.7. The maximum Gasteiger partial charge on any atom is 0.253 e. The van der Waals surface area contributed by atoms with E-state index >= 15 is 0 Å². The maximum absolute atomic E-state index is 12.0. The first-order chi connectivity index (χ1) is 9.61. The number of rotatable bonds is 6. The first kappa shape index (κ1) is 14.4. The number of nitrogens with one attached hydrogen (secondary N) is 1. The number of aliphatic hydroxyl groups is 1. The Kier molecular flexibility index (Phi) is 4.65. The normalized spacial score (nSPS) is 14.1. The summed E-state index contributed by atoms with van der Waals surface area (Å²) in [5, 5.41) is 12.2. The van der Waals surface area contributed by atoms with Crippen molar-refractivity contribution in [2.45, 2.75) is 12.5 Å². The van der Waals surface area contributed by atoms with Gasteiger partial charge in [0.15, 0.2) is 11.5 Å². The molecular formula is C13H18N2O5. The molecule has 110 valence electrons. The standard InChI is InChI=1S/C13H18N2O5/c1-18-6-8(16)2-3-15-13(17)9-4-11-12(5-10(9)14)20-7-19-11/h4-5,8,16H,2-3,6-7,14H2,1H3,(H,15,17). The van der Waals surface area contributed by atoms with Crippen LogP contribution in [0.5, 0.6) is 11.5 Å². The number of amides is 1. The lowest BCUT2D eigenvalue weighted by Gasteiger charge is -2.11. The average molecular weight is 282 g/mol. The predicted octanol–water partition coefficient (Wildman–Crippen LogP) is 0.125. The van der Waals surface area contributed by atoms with Gasteiger partial charge in [0.2, 0.25) is 6.79 Å². The van der Waals surface area contributed by atoms with Gasteiger partial charge >= 0.3 is 0 Å². The molecule has 1 atom stereocenters. The largest absolute Gasteiger partial charge is 0.454 e. The quantitative estimate of drug-likeness (QED) is 0.641. The second kappa shape index (κ2) is 6.44. The Hall–Kier alpha value is -1.99. The Balaban J connectivity index is 1.93. The Morgan fingerprint density at radius 3 is 2.90 bits per heavy atom. The molecular weight excluding hydrogens is 264 g/mol. The van der Waals surface area contributed by atoms with E-state index in [9.17, 15) is 9.90 Å². The van der Waals surface area contributed by atoms with Crippen LogP contribution in [0.1, 0.15) is 16.8 Å². The van der Waals surface area contributed by atoms with Crippen molar-refractivity contribution >= 4 is 11.6 Å². The van der Waals surface area contributed by atoms with E-state index in [0.29, 0.717) is 35.7 Å². The summed E-state index contributed by atoms with van der Waals surface area (Å²) in [6.07, 6.45) is -0.196. The second-order valence-electron chi connectivity index (χ2n) is 4.45. The number of hydrogen-bond donors (Lipinski definition) is 3. The van der Waals surface area contributed by atoms with Crippen molar-refractivity contribution in [1.29, 1.82) is 0 Å². The molecule has 7 nitrogen and oxygen atoms in total. The van der Waals surface area contributed by atoms with E-state index < -0.39 is 6.10 Å². The van der Waals surface area contributed by atoms with Crippen LogP contribution in [0.3, 0.4) is 0 Å². The highest BCUT2D eigenvalue weighted by Crippen LogP contribution is 2.35.